The van der Waals surface area contributed by atoms with Crippen LogP contribution in [0, 0.1) is 0 Å². The van der Waals surface area contributed by atoms with Crippen LogP contribution in [0.15, 0.2) is 18.3 Å². The van der Waals surface area contributed by atoms with Gasteiger partial charge in [-0.3, -0.25) is 4.98 Å². The van der Waals surface area contributed by atoms with Crippen LogP contribution in [0.5, 0.6) is 0 Å². The molecule has 0 saturated carbocycles. The molecule has 0 bridgehead atoms. The van der Waals surface area contributed by atoms with Gasteiger partial charge in [0.15, 0.2) is 5.82 Å². The minimum Gasteiger partial charge on any atom is -0.325 e. The van der Waals surface area contributed by atoms with Crippen molar-refractivity contribution in [2.75, 3.05) is 0 Å². The maximum atomic E-state index is 5.63. The average molecular weight is 288 g/mol. The zero-order chi connectivity index (χ0) is 14.3. The molecule has 0 spiro atoms. The highest BCUT2D eigenvalue weighted by molar-refractivity contribution is 7.19. The molecule has 20 heavy (non-hydrogen) atoms. The van der Waals surface area contributed by atoms with Crippen molar-refractivity contribution < 1.29 is 0 Å². The van der Waals surface area contributed by atoms with E-state index in [0.717, 1.165) is 27.1 Å². The van der Waals surface area contributed by atoms with Crippen LogP contribution in [0.2, 0.25) is 0 Å². The maximum absolute atomic E-state index is 5.63. The van der Waals surface area contributed by atoms with Gasteiger partial charge in [0, 0.05) is 23.7 Å². The molecule has 3 rings (SSSR count). The molecule has 2 N–H and O–H groups in total. The van der Waals surface area contributed by atoms with Crippen LogP contribution in [-0.2, 0) is 12.0 Å². The zero-order valence-corrected chi connectivity index (χ0v) is 12.5. The Labute approximate surface area is 120 Å². The quantitative estimate of drug-likeness (QED) is 0.780. The highest BCUT2D eigenvalue weighted by Crippen LogP contribution is 2.28. The van der Waals surface area contributed by atoms with Crippen molar-refractivity contribution in [2.45, 2.75) is 32.7 Å². The first-order valence-corrected chi connectivity index (χ1v) is 7.19. The van der Waals surface area contributed by atoms with E-state index in [1.165, 1.54) is 11.3 Å². The SMILES string of the molecule is CC(C)(C)c1nnc2sc(-c3ccnc(CN)c3)nn12. The molecule has 0 unspecified atom stereocenters. The number of rotatable bonds is 2. The van der Waals surface area contributed by atoms with Crippen LogP contribution in [0.1, 0.15) is 32.3 Å². The second-order valence-corrected chi connectivity index (χ2v) is 6.57. The Kier molecular flexibility index (Phi) is 3.02. The van der Waals surface area contributed by atoms with E-state index in [0.29, 0.717) is 6.54 Å². The van der Waals surface area contributed by atoms with E-state index >= 15 is 0 Å². The standard InChI is InChI=1S/C13H16N6S/c1-13(2,3)11-16-17-12-19(11)18-10(20-12)8-4-5-15-9(6-8)7-14/h4-6H,7,14H2,1-3H3. The highest BCUT2D eigenvalue weighted by atomic mass is 32.1. The average Bonchev–Trinajstić information content (AvgIpc) is 2.97. The van der Waals surface area contributed by atoms with Gasteiger partial charge in [-0.15, -0.1) is 10.2 Å². The summed E-state index contributed by atoms with van der Waals surface area (Å²) < 4.78 is 1.82. The van der Waals surface area contributed by atoms with E-state index in [-0.39, 0.29) is 5.41 Å². The maximum Gasteiger partial charge on any atom is 0.235 e. The van der Waals surface area contributed by atoms with E-state index in [4.69, 9.17) is 5.73 Å². The number of hydrogen-bond acceptors (Lipinski definition) is 6. The fourth-order valence-electron chi connectivity index (χ4n) is 1.92. The molecule has 104 valence electrons. The first kappa shape index (κ1) is 13.1. The number of pyridine rings is 1. The monoisotopic (exact) mass is 288 g/mol. The van der Waals surface area contributed by atoms with Crippen molar-refractivity contribution in [2.24, 2.45) is 5.73 Å². The topological polar surface area (TPSA) is 82.0 Å². The summed E-state index contributed by atoms with van der Waals surface area (Å²) in [7, 11) is 0. The summed E-state index contributed by atoms with van der Waals surface area (Å²) >= 11 is 1.52. The lowest BCUT2D eigenvalue weighted by atomic mass is 9.96. The second kappa shape index (κ2) is 4.60. The van der Waals surface area contributed by atoms with Gasteiger partial charge in [0.1, 0.15) is 5.01 Å². The number of hydrogen-bond donors (Lipinski definition) is 1. The molecule has 7 heteroatoms. The van der Waals surface area contributed by atoms with E-state index in [1.807, 2.05) is 16.6 Å². The molecule has 3 aromatic heterocycles. The number of fused-ring (bicyclic) bond motifs is 1. The predicted molar refractivity (Wildman–Crippen MR) is 78.5 cm³/mol. The van der Waals surface area contributed by atoms with Crippen LogP contribution in [0.25, 0.3) is 15.5 Å². The molecular weight excluding hydrogens is 272 g/mol. The van der Waals surface area contributed by atoms with Crippen LogP contribution < -0.4 is 5.73 Å². The number of nitrogens with zero attached hydrogens (tertiary/aromatic N) is 5. The van der Waals surface area contributed by atoms with Crippen LogP contribution in [0.4, 0.5) is 0 Å². The Morgan fingerprint density at radius 3 is 2.80 bits per heavy atom. The summed E-state index contributed by atoms with van der Waals surface area (Å²) in [5.74, 6) is 0.864. The largest absolute Gasteiger partial charge is 0.325 e. The van der Waals surface area contributed by atoms with Gasteiger partial charge in [-0.1, -0.05) is 32.1 Å². The minimum absolute atomic E-state index is 0.0918. The van der Waals surface area contributed by atoms with Crippen LogP contribution >= 0.6 is 11.3 Å². The smallest absolute Gasteiger partial charge is 0.235 e. The van der Waals surface area contributed by atoms with E-state index in [9.17, 15) is 0 Å². The Hall–Kier alpha value is -1.86. The third kappa shape index (κ3) is 2.19. The van der Waals surface area contributed by atoms with Crippen LogP contribution in [-0.4, -0.2) is 24.8 Å². The molecule has 0 aliphatic rings. The molecular formula is C13H16N6S. The normalized spacial score (nSPS) is 12.2. The lowest BCUT2D eigenvalue weighted by Crippen LogP contribution is -2.16. The molecule has 0 aliphatic carbocycles. The van der Waals surface area contributed by atoms with E-state index in [1.54, 1.807) is 6.20 Å². The summed E-state index contributed by atoms with van der Waals surface area (Å²) in [6.07, 6.45) is 1.75. The summed E-state index contributed by atoms with van der Waals surface area (Å²) in [5, 5.41) is 14.0. The van der Waals surface area contributed by atoms with Crippen molar-refractivity contribution in [1.29, 1.82) is 0 Å². The highest BCUT2D eigenvalue weighted by Gasteiger charge is 2.23. The Bertz CT molecular complexity index is 752. The fraction of sp³-hybridized carbons (Fsp3) is 0.385. The minimum atomic E-state index is -0.0918. The van der Waals surface area contributed by atoms with Crippen molar-refractivity contribution >= 4 is 16.3 Å². The summed E-state index contributed by atoms with van der Waals surface area (Å²) in [6, 6.07) is 3.89. The molecule has 0 radical (unpaired) electrons. The molecule has 0 saturated heterocycles. The first-order chi connectivity index (χ1) is 9.49. The van der Waals surface area contributed by atoms with Crippen LogP contribution in [0.3, 0.4) is 0 Å². The Morgan fingerprint density at radius 2 is 2.10 bits per heavy atom. The summed E-state index contributed by atoms with van der Waals surface area (Å²) in [4.78, 5) is 5.00. The van der Waals surface area contributed by atoms with Gasteiger partial charge in [-0.2, -0.15) is 9.61 Å². The molecule has 3 heterocycles. The van der Waals surface area contributed by atoms with Crippen molar-refractivity contribution in [3.63, 3.8) is 0 Å². The lowest BCUT2D eigenvalue weighted by molar-refractivity contribution is 0.528. The van der Waals surface area contributed by atoms with Gasteiger partial charge in [-0.05, 0) is 12.1 Å². The van der Waals surface area contributed by atoms with Gasteiger partial charge in [-0.25, -0.2) is 0 Å². The molecule has 6 nitrogen and oxygen atoms in total. The molecule has 0 fully saturated rings. The van der Waals surface area contributed by atoms with Gasteiger partial charge >= 0.3 is 0 Å². The van der Waals surface area contributed by atoms with E-state index in [2.05, 4.69) is 41.1 Å². The molecule has 0 aromatic carbocycles. The fourth-order valence-corrected chi connectivity index (χ4v) is 2.76. The predicted octanol–water partition coefficient (Wildman–Crippen LogP) is 2.00. The lowest BCUT2D eigenvalue weighted by Gasteiger charge is -2.13. The van der Waals surface area contributed by atoms with Crippen molar-refractivity contribution in [1.82, 2.24) is 24.8 Å². The summed E-state index contributed by atoms with van der Waals surface area (Å²) in [6.45, 7) is 6.72. The third-order valence-corrected chi connectivity index (χ3v) is 3.88. The van der Waals surface area contributed by atoms with Gasteiger partial charge in [0.05, 0.1) is 5.69 Å². The van der Waals surface area contributed by atoms with Gasteiger partial charge < -0.3 is 5.73 Å². The molecule has 0 atom stereocenters. The van der Waals surface area contributed by atoms with Crippen molar-refractivity contribution in [3.05, 3.63) is 29.8 Å². The summed E-state index contributed by atoms with van der Waals surface area (Å²) in [5.41, 5.74) is 7.40. The molecule has 0 amide bonds. The van der Waals surface area contributed by atoms with E-state index < -0.39 is 0 Å². The zero-order valence-electron chi connectivity index (χ0n) is 11.7. The first-order valence-electron chi connectivity index (χ1n) is 6.37. The van der Waals surface area contributed by atoms with Gasteiger partial charge in [0.25, 0.3) is 0 Å². The molecule has 0 aliphatic heterocycles. The van der Waals surface area contributed by atoms with Crippen molar-refractivity contribution in [3.8, 4) is 10.6 Å². The molecule has 3 aromatic rings. The third-order valence-electron chi connectivity index (χ3n) is 2.93. The second-order valence-electron chi connectivity index (χ2n) is 5.62. The Morgan fingerprint density at radius 1 is 1.30 bits per heavy atom. The Balaban J connectivity index is 2.11. The number of aromatic nitrogens is 5. The van der Waals surface area contributed by atoms with Gasteiger partial charge in [0.2, 0.25) is 4.96 Å². The number of nitrogens with two attached hydrogens (primary N) is 1.